The van der Waals surface area contributed by atoms with Crippen LogP contribution in [0.15, 0.2) is 28.7 Å². The zero-order chi connectivity index (χ0) is 20.3. The largest absolute Gasteiger partial charge is 0.461 e. The Morgan fingerprint density at radius 3 is 2.82 bits per heavy atom. The Morgan fingerprint density at radius 2 is 2.07 bits per heavy atom. The van der Waals surface area contributed by atoms with Crippen molar-refractivity contribution in [3.63, 3.8) is 0 Å². The van der Waals surface area contributed by atoms with Gasteiger partial charge in [-0.25, -0.2) is 4.79 Å². The van der Waals surface area contributed by atoms with Gasteiger partial charge in [0, 0.05) is 38.1 Å². The SMILES string of the molecule is Cc1oc2ccccc2c1CCNC(=O)N1CCCC(O)(CC(=O)N(C)C)C1. The van der Waals surface area contributed by atoms with Crippen LogP contribution in [-0.2, 0) is 11.2 Å². The van der Waals surface area contributed by atoms with Crippen LogP contribution in [0.25, 0.3) is 11.0 Å². The highest BCUT2D eigenvalue weighted by molar-refractivity contribution is 5.82. The van der Waals surface area contributed by atoms with Crippen molar-refractivity contribution in [1.82, 2.24) is 15.1 Å². The number of furan rings is 1. The first-order valence-corrected chi connectivity index (χ1v) is 9.71. The quantitative estimate of drug-likeness (QED) is 0.824. The molecular formula is C21H29N3O4. The van der Waals surface area contributed by atoms with Crippen molar-refractivity contribution in [2.45, 2.75) is 38.2 Å². The van der Waals surface area contributed by atoms with Crippen LogP contribution >= 0.6 is 0 Å². The molecule has 1 aromatic heterocycles. The molecule has 2 heterocycles. The van der Waals surface area contributed by atoms with E-state index in [9.17, 15) is 14.7 Å². The number of carbonyl (C=O) groups is 2. The standard InChI is InChI=1S/C21H29N3O4/c1-15-16(17-7-4-5-8-18(17)28-15)9-11-22-20(26)24-12-6-10-21(27,14-24)13-19(25)23(2)3/h4-5,7-8,27H,6,9-14H2,1-3H3,(H,22,26). The maximum absolute atomic E-state index is 12.6. The van der Waals surface area contributed by atoms with Gasteiger partial charge in [0.15, 0.2) is 0 Å². The van der Waals surface area contributed by atoms with E-state index in [4.69, 9.17) is 4.42 Å². The monoisotopic (exact) mass is 387 g/mol. The molecular weight excluding hydrogens is 358 g/mol. The highest BCUT2D eigenvalue weighted by Gasteiger charge is 2.37. The topological polar surface area (TPSA) is 86.0 Å². The normalized spacial score (nSPS) is 19.6. The Kier molecular flexibility index (Phi) is 5.93. The number of piperidine rings is 1. The minimum absolute atomic E-state index is 0.0317. The molecule has 3 rings (SSSR count). The zero-order valence-electron chi connectivity index (χ0n) is 16.8. The van der Waals surface area contributed by atoms with Gasteiger partial charge in [-0.3, -0.25) is 4.79 Å². The van der Waals surface area contributed by atoms with E-state index >= 15 is 0 Å². The van der Waals surface area contributed by atoms with E-state index in [0.717, 1.165) is 22.3 Å². The van der Waals surface area contributed by atoms with Crippen molar-refractivity contribution >= 4 is 22.9 Å². The molecule has 1 saturated heterocycles. The number of fused-ring (bicyclic) bond motifs is 1. The fourth-order valence-corrected chi connectivity index (χ4v) is 3.81. The van der Waals surface area contributed by atoms with Gasteiger partial charge in [0.25, 0.3) is 0 Å². The minimum atomic E-state index is -1.16. The summed E-state index contributed by atoms with van der Waals surface area (Å²) in [5.74, 6) is 0.733. The second-order valence-electron chi connectivity index (χ2n) is 7.83. The lowest BCUT2D eigenvalue weighted by molar-refractivity contribution is -0.135. The Labute approximate surface area is 165 Å². The number of amides is 3. The van der Waals surface area contributed by atoms with Gasteiger partial charge < -0.3 is 24.6 Å². The second-order valence-corrected chi connectivity index (χ2v) is 7.83. The molecule has 0 bridgehead atoms. The summed E-state index contributed by atoms with van der Waals surface area (Å²) in [6, 6.07) is 7.67. The van der Waals surface area contributed by atoms with Gasteiger partial charge in [-0.15, -0.1) is 0 Å². The summed E-state index contributed by atoms with van der Waals surface area (Å²) in [5.41, 5.74) is 0.796. The van der Waals surface area contributed by atoms with E-state index in [1.54, 1.807) is 19.0 Å². The third-order valence-electron chi connectivity index (χ3n) is 5.37. The van der Waals surface area contributed by atoms with E-state index in [1.807, 2.05) is 31.2 Å². The molecule has 2 aromatic rings. The number of nitrogens with zero attached hydrogens (tertiary/aromatic N) is 2. The van der Waals surface area contributed by atoms with Crippen molar-refractivity contribution in [3.05, 3.63) is 35.6 Å². The van der Waals surface area contributed by atoms with Crippen LogP contribution < -0.4 is 5.32 Å². The number of aryl methyl sites for hydroxylation is 1. The predicted molar refractivity (Wildman–Crippen MR) is 107 cm³/mol. The summed E-state index contributed by atoms with van der Waals surface area (Å²) >= 11 is 0. The summed E-state index contributed by atoms with van der Waals surface area (Å²) in [4.78, 5) is 27.6. The number of nitrogens with one attached hydrogen (secondary N) is 1. The summed E-state index contributed by atoms with van der Waals surface area (Å²) in [7, 11) is 3.33. The van der Waals surface area contributed by atoms with Gasteiger partial charge >= 0.3 is 6.03 Å². The smallest absolute Gasteiger partial charge is 0.317 e. The Morgan fingerprint density at radius 1 is 1.32 bits per heavy atom. The molecule has 28 heavy (non-hydrogen) atoms. The number of carbonyl (C=O) groups excluding carboxylic acids is 2. The molecule has 1 aliphatic rings. The van der Waals surface area contributed by atoms with Gasteiger partial charge in [-0.05, 0) is 32.3 Å². The third-order valence-corrected chi connectivity index (χ3v) is 5.37. The third kappa shape index (κ3) is 4.47. The number of hydrogen-bond acceptors (Lipinski definition) is 4. The molecule has 7 nitrogen and oxygen atoms in total. The van der Waals surface area contributed by atoms with Crippen LogP contribution in [0.4, 0.5) is 4.79 Å². The fourth-order valence-electron chi connectivity index (χ4n) is 3.81. The lowest BCUT2D eigenvalue weighted by Gasteiger charge is -2.39. The minimum Gasteiger partial charge on any atom is -0.461 e. The van der Waals surface area contributed by atoms with Crippen molar-refractivity contribution in [1.29, 1.82) is 0 Å². The molecule has 1 aromatic carbocycles. The van der Waals surface area contributed by atoms with E-state index in [2.05, 4.69) is 5.32 Å². The number of β-amino-alcohol motifs (C(OH)–C–C–N with tert-alkyl or cyclic N) is 1. The fraction of sp³-hybridized carbons (Fsp3) is 0.524. The first-order chi connectivity index (χ1) is 13.3. The molecule has 1 unspecified atom stereocenters. The maximum atomic E-state index is 12.6. The van der Waals surface area contributed by atoms with Gasteiger partial charge in [0.1, 0.15) is 11.3 Å². The van der Waals surface area contributed by atoms with Gasteiger partial charge in [-0.1, -0.05) is 18.2 Å². The van der Waals surface area contributed by atoms with E-state index < -0.39 is 5.60 Å². The van der Waals surface area contributed by atoms with Crippen molar-refractivity contribution < 1.29 is 19.1 Å². The number of rotatable bonds is 5. The molecule has 3 amide bonds. The number of benzene rings is 1. The van der Waals surface area contributed by atoms with Crippen LogP contribution in [0, 0.1) is 6.92 Å². The molecule has 1 atom stereocenters. The van der Waals surface area contributed by atoms with Crippen molar-refractivity contribution in [2.75, 3.05) is 33.7 Å². The van der Waals surface area contributed by atoms with Gasteiger partial charge in [0.2, 0.25) is 5.91 Å². The lowest BCUT2D eigenvalue weighted by atomic mass is 9.89. The maximum Gasteiger partial charge on any atom is 0.317 e. The zero-order valence-corrected chi connectivity index (χ0v) is 16.8. The molecule has 1 aliphatic heterocycles. The highest BCUT2D eigenvalue weighted by Crippen LogP contribution is 2.26. The second kappa shape index (κ2) is 8.22. The first kappa shape index (κ1) is 20.2. The Bertz CT molecular complexity index is 860. The van der Waals surface area contributed by atoms with Crippen LogP contribution in [0.2, 0.25) is 0 Å². The molecule has 0 radical (unpaired) electrons. The number of urea groups is 1. The number of likely N-dealkylation sites (tertiary alicyclic amines) is 1. The van der Waals surface area contributed by atoms with E-state index in [0.29, 0.717) is 32.4 Å². The summed E-state index contributed by atoms with van der Waals surface area (Å²) in [5, 5.41) is 14.8. The molecule has 2 N–H and O–H groups in total. The number of para-hydroxylation sites is 1. The summed E-state index contributed by atoms with van der Waals surface area (Å²) in [6.45, 7) is 3.17. The first-order valence-electron chi connectivity index (χ1n) is 9.71. The van der Waals surface area contributed by atoms with Crippen LogP contribution in [-0.4, -0.2) is 66.2 Å². The molecule has 152 valence electrons. The van der Waals surface area contributed by atoms with Crippen molar-refractivity contribution in [2.24, 2.45) is 0 Å². The highest BCUT2D eigenvalue weighted by atomic mass is 16.3. The van der Waals surface area contributed by atoms with Gasteiger partial charge in [-0.2, -0.15) is 0 Å². The van der Waals surface area contributed by atoms with Crippen molar-refractivity contribution in [3.8, 4) is 0 Å². The van der Waals surface area contributed by atoms with E-state index in [1.165, 1.54) is 4.90 Å². The number of hydrogen-bond donors (Lipinski definition) is 2. The van der Waals surface area contributed by atoms with E-state index in [-0.39, 0.29) is 24.9 Å². The number of aliphatic hydroxyl groups is 1. The molecule has 0 saturated carbocycles. The molecule has 0 aliphatic carbocycles. The molecule has 1 fully saturated rings. The Balaban J connectivity index is 1.56. The van der Waals surface area contributed by atoms with Gasteiger partial charge in [0.05, 0.1) is 18.6 Å². The average Bonchev–Trinajstić information content (AvgIpc) is 2.96. The Hall–Kier alpha value is -2.54. The summed E-state index contributed by atoms with van der Waals surface area (Å²) < 4.78 is 5.76. The molecule has 0 spiro atoms. The van der Waals surface area contributed by atoms with Crippen LogP contribution in [0.1, 0.15) is 30.6 Å². The molecule has 7 heteroatoms. The summed E-state index contributed by atoms with van der Waals surface area (Å²) in [6.07, 6.45) is 1.91. The average molecular weight is 387 g/mol. The van der Waals surface area contributed by atoms with Crippen LogP contribution in [0.5, 0.6) is 0 Å². The predicted octanol–water partition coefficient (Wildman–Crippen LogP) is 2.30. The van der Waals surface area contributed by atoms with Crippen LogP contribution in [0.3, 0.4) is 0 Å². The lowest BCUT2D eigenvalue weighted by Crippen LogP contribution is -2.54.